The van der Waals surface area contributed by atoms with Crippen LogP contribution < -0.4 is 5.01 Å². The standard InChI is InChI=1S/C13H11N3O/c14-8-9-4-6-10(7-5-9)16-13(17)11-2-1-3-12(11)15-16/h4-7,11H,1-3H2. The topological polar surface area (TPSA) is 56.5 Å². The molecule has 0 aromatic heterocycles. The Morgan fingerprint density at radius 1 is 1.35 bits per heavy atom. The van der Waals surface area contributed by atoms with Gasteiger partial charge in [-0.05, 0) is 43.5 Å². The molecule has 1 atom stereocenters. The molecular weight excluding hydrogens is 214 g/mol. The summed E-state index contributed by atoms with van der Waals surface area (Å²) < 4.78 is 0. The van der Waals surface area contributed by atoms with E-state index in [4.69, 9.17) is 5.26 Å². The van der Waals surface area contributed by atoms with E-state index < -0.39 is 0 Å². The maximum atomic E-state index is 12.1. The molecule has 1 fully saturated rings. The Labute approximate surface area is 99.2 Å². The summed E-state index contributed by atoms with van der Waals surface area (Å²) in [6.45, 7) is 0. The van der Waals surface area contributed by atoms with E-state index in [1.54, 1.807) is 24.3 Å². The van der Waals surface area contributed by atoms with E-state index in [0.717, 1.165) is 30.7 Å². The van der Waals surface area contributed by atoms with E-state index in [9.17, 15) is 4.79 Å². The highest BCUT2D eigenvalue weighted by atomic mass is 16.2. The number of nitriles is 1. The number of hydrazone groups is 1. The molecule has 1 amide bonds. The maximum Gasteiger partial charge on any atom is 0.256 e. The number of benzene rings is 1. The number of hydrogen-bond acceptors (Lipinski definition) is 3. The van der Waals surface area contributed by atoms with E-state index in [1.165, 1.54) is 5.01 Å². The Balaban J connectivity index is 1.92. The third-order valence-electron chi connectivity index (χ3n) is 3.30. The van der Waals surface area contributed by atoms with Gasteiger partial charge in [-0.1, -0.05) is 0 Å². The normalized spacial score (nSPS) is 22.3. The zero-order chi connectivity index (χ0) is 11.8. The van der Waals surface area contributed by atoms with Gasteiger partial charge in [0.25, 0.3) is 5.91 Å². The number of anilines is 1. The molecule has 4 heteroatoms. The highest BCUT2D eigenvalue weighted by Gasteiger charge is 2.39. The number of hydrogen-bond donors (Lipinski definition) is 0. The van der Waals surface area contributed by atoms with Crippen molar-refractivity contribution in [2.75, 3.05) is 5.01 Å². The molecule has 1 aliphatic carbocycles. The van der Waals surface area contributed by atoms with Crippen molar-refractivity contribution in [3.8, 4) is 6.07 Å². The third-order valence-corrected chi connectivity index (χ3v) is 3.30. The Kier molecular flexibility index (Phi) is 2.19. The van der Waals surface area contributed by atoms with Gasteiger partial charge in [0.05, 0.1) is 28.9 Å². The first-order chi connectivity index (χ1) is 8.29. The highest BCUT2D eigenvalue weighted by Crippen LogP contribution is 2.32. The molecule has 0 bridgehead atoms. The van der Waals surface area contributed by atoms with Gasteiger partial charge in [-0.2, -0.15) is 10.4 Å². The average molecular weight is 225 g/mol. The van der Waals surface area contributed by atoms with Crippen molar-refractivity contribution >= 4 is 17.3 Å². The van der Waals surface area contributed by atoms with Crippen LogP contribution >= 0.6 is 0 Å². The fourth-order valence-corrected chi connectivity index (χ4v) is 2.40. The van der Waals surface area contributed by atoms with Crippen LogP contribution in [-0.2, 0) is 4.79 Å². The number of fused-ring (bicyclic) bond motifs is 1. The number of carbonyl (C=O) groups is 1. The van der Waals surface area contributed by atoms with Crippen molar-refractivity contribution in [2.45, 2.75) is 19.3 Å². The lowest BCUT2D eigenvalue weighted by atomic mass is 10.1. The van der Waals surface area contributed by atoms with Gasteiger partial charge in [0, 0.05) is 0 Å². The number of nitrogens with zero attached hydrogens (tertiary/aromatic N) is 3. The van der Waals surface area contributed by atoms with Crippen LogP contribution in [0, 0.1) is 17.2 Å². The van der Waals surface area contributed by atoms with Crippen LogP contribution in [-0.4, -0.2) is 11.6 Å². The predicted octanol–water partition coefficient (Wildman–Crippen LogP) is 2.06. The molecule has 1 unspecified atom stereocenters. The first-order valence-corrected chi connectivity index (χ1v) is 5.71. The van der Waals surface area contributed by atoms with Gasteiger partial charge in [-0.3, -0.25) is 4.79 Å². The minimum absolute atomic E-state index is 0.00523. The van der Waals surface area contributed by atoms with Crippen LogP contribution in [0.4, 0.5) is 5.69 Å². The Bertz CT molecular complexity index is 539. The molecule has 0 radical (unpaired) electrons. The van der Waals surface area contributed by atoms with Crippen molar-refractivity contribution in [3.63, 3.8) is 0 Å². The highest BCUT2D eigenvalue weighted by molar-refractivity contribution is 6.16. The van der Waals surface area contributed by atoms with E-state index in [-0.39, 0.29) is 11.8 Å². The number of rotatable bonds is 1. The van der Waals surface area contributed by atoms with Crippen LogP contribution in [0.2, 0.25) is 0 Å². The smallest absolute Gasteiger partial charge is 0.256 e. The summed E-state index contributed by atoms with van der Waals surface area (Å²) in [4.78, 5) is 12.1. The van der Waals surface area contributed by atoms with Gasteiger partial charge < -0.3 is 0 Å². The molecule has 1 aromatic carbocycles. The summed E-state index contributed by atoms with van der Waals surface area (Å²) in [6, 6.07) is 9.00. The summed E-state index contributed by atoms with van der Waals surface area (Å²) in [6.07, 6.45) is 2.92. The van der Waals surface area contributed by atoms with Gasteiger partial charge in [-0.25, -0.2) is 5.01 Å². The van der Waals surface area contributed by atoms with Crippen molar-refractivity contribution in [1.29, 1.82) is 5.26 Å². The number of amides is 1. The van der Waals surface area contributed by atoms with E-state index in [2.05, 4.69) is 11.2 Å². The number of carbonyl (C=O) groups excluding carboxylic acids is 1. The second-order valence-corrected chi connectivity index (χ2v) is 4.34. The van der Waals surface area contributed by atoms with Crippen molar-refractivity contribution < 1.29 is 4.79 Å². The van der Waals surface area contributed by atoms with Gasteiger partial charge >= 0.3 is 0 Å². The van der Waals surface area contributed by atoms with E-state index in [1.807, 2.05) is 0 Å². The van der Waals surface area contributed by atoms with Gasteiger partial charge in [0.2, 0.25) is 0 Å². The van der Waals surface area contributed by atoms with Crippen LogP contribution in [0.15, 0.2) is 29.4 Å². The molecule has 2 aliphatic rings. The molecule has 1 aliphatic heterocycles. The molecule has 0 saturated heterocycles. The van der Waals surface area contributed by atoms with Gasteiger partial charge in [-0.15, -0.1) is 0 Å². The van der Waals surface area contributed by atoms with Gasteiger partial charge in [0.15, 0.2) is 0 Å². The lowest BCUT2D eigenvalue weighted by Crippen LogP contribution is -2.25. The molecule has 1 saturated carbocycles. The summed E-state index contributed by atoms with van der Waals surface area (Å²) in [5, 5.41) is 14.6. The first-order valence-electron chi connectivity index (χ1n) is 5.71. The molecule has 0 N–H and O–H groups in total. The summed E-state index contributed by atoms with van der Waals surface area (Å²) in [5.74, 6) is 0.0767. The largest absolute Gasteiger partial charge is 0.272 e. The van der Waals surface area contributed by atoms with Crippen LogP contribution in [0.25, 0.3) is 0 Å². The monoisotopic (exact) mass is 225 g/mol. The lowest BCUT2D eigenvalue weighted by molar-refractivity contribution is -0.119. The molecular formula is C13H11N3O. The molecule has 0 spiro atoms. The second-order valence-electron chi connectivity index (χ2n) is 4.34. The molecule has 1 aromatic rings. The fourth-order valence-electron chi connectivity index (χ4n) is 2.40. The second kappa shape index (κ2) is 3.70. The maximum absolute atomic E-state index is 12.1. The zero-order valence-corrected chi connectivity index (χ0v) is 9.26. The fraction of sp³-hybridized carbons (Fsp3) is 0.308. The predicted molar refractivity (Wildman–Crippen MR) is 63.4 cm³/mol. The summed E-state index contributed by atoms with van der Waals surface area (Å²) >= 11 is 0. The van der Waals surface area contributed by atoms with Crippen molar-refractivity contribution in [3.05, 3.63) is 29.8 Å². The molecule has 4 nitrogen and oxygen atoms in total. The summed E-state index contributed by atoms with van der Waals surface area (Å²) in [7, 11) is 0. The van der Waals surface area contributed by atoms with Crippen molar-refractivity contribution in [2.24, 2.45) is 11.0 Å². The van der Waals surface area contributed by atoms with Crippen molar-refractivity contribution in [1.82, 2.24) is 0 Å². The summed E-state index contributed by atoms with van der Waals surface area (Å²) in [5.41, 5.74) is 2.35. The Morgan fingerprint density at radius 2 is 2.12 bits per heavy atom. The first kappa shape index (κ1) is 10.0. The van der Waals surface area contributed by atoms with Crippen LogP contribution in [0.3, 0.4) is 0 Å². The Morgan fingerprint density at radius 3 is 2.76 bits per heavy atom. The molecule has 84 valence electrons. The molecule has 3 rings (SSSR count). The average Bonchev–Trinajstić information content (AvgIpc) is 2.93. The van der Waals surface area contributed by atoms with E-state index >= 15 is 0 Å². The minimum Gasteiger partial charge on any atom is -0.272 e. The zero-order valence-electron chi connectivity index (χ0n) is 9.26. The van der Waals surface area contributed by atoms with Gasteiger partial charge in [0.1, 0.15) is 0 Å². The Hall–Kier alpha value is -2.15. The van der Waals surface area contributed by atoms with E-state index in [0.29, 0.717) is 5.56 Å². The van der Waals surface area contributed by atoms with Crippen LogP contribution in [0.1, 0.15) is 24.8 Å². The minimum atomic E-state index is 0.00523. The SMILES string of the molecule is N#Cc1ccc(N2N=C3CCCC3C2=O)cc1. The molecule has 17 heavy (non-hydrogen) atoms. The quantitative estimate of drug-likeness (QED) is 0.734. The third kappa shape index (κ3) is 1.51. The molecule has 1 heterocycles. The van der Waals surface area contributed by atoms with Crippen LogP contribution in [0.5, 0.6) is 0 Å². The lowest BCUT2D eigenvalue weighted by Gasteiger charge is -2.13.